The summed E-state index contributed by atoms with van der Waals surface area (Å²) in [4.78, 5) is 5.21. The number of para-hydroxylation sites is 1. The minimum Gasteiger partial charge on any atom is -0.353 e. The third-order valence-electron chi connectivity index (χ3n) is 3.53. The first-order valence-corrected chi connectivity index (χ1v) is 7.38. The lowest BCUT2D eigenvalue weighted by Gasteiger charge is -2.24. The monoisotopic (exact) mass is 318 g/mol. The van der Waals surface area contributed by atoms with Crippen LogP contribution in [-0.2, 0) is 6.18 Å². The van der Waals surface area contributed by atoms with Crippen molar-refractivity contribution in [2.45, 2.75) is 16.0 Å². The van der Waals surface area contributed by atoms with Gasteiger partial charge in [-0.25, -0.2) is 0 Å². The lowest BCUT2D eigenvalue weighted by atomic mass is 10.1. The highest BCUT2D eigenvalue weighted by Crippen LogP contribution is 2.50. The van der Waals surface area contributed by atoms with Crippen molar-refractivity contribution in [3.63, 3.8) is 0 Å². The second-order valence-corrected chi connectivity index (χ2v) is 5.97. The molecule has 0 radical (unpaired) electrons. The minimum atomic E-state index is -4.37. The van der Waals surface area contributed by atoms with Crippen LogP contribution in [0.3, 0.4) is 0 Å². The third kappa shape index (κ3) is 2.02. The number of hydrogen-bond donors (Lipinski definition) is 1. The van der Waals surface area contributed by atoms with Crippen LogP contribution in [0.5, 0.6) is 0 Å². The van der Waals surface area contributed by atoms with Gasteiger partial charge in [-0.15, -0.1) is 0 Å². The number of nitrogens with one attached hydrogen (secondary N) is 1. The molecule has 0 bridgehead atoms. The number of benzene rings is 2. The molecule has 22 heavy (non-hydrogen) atoms. The maximum Gasteiger partial charge on any atom is 0.417 e. The highest BCUT2D eigenvalue weighted by molar-refractivity contribution is 7.99. The van der Waals surface area contributed by atoms with Crippen molar-refractivity contribution in [1.82, 2.24) is 4.98 Å². The molecule has 6 heteroatoms. The van der Waals surface area contributed by atoms with Crippen LogP contribution in [0.4, 0.5) is 24.5 Å². The summed E-state index contributed by atoms with van der Waals surface area (Å²) in [6.45, 7) is 0. The van der Waals surface area contributed by atoms with Crippen LogP contribution < -0.4 is 5.32 Å². The minimum absolute atomic E-state index is 0.194. The fourth-order valence-electron chi connectivity index (χ4n) is 2.54. The summed E-state index contributed by atoms with van der Waals surface area (Å²) in [6, 6.07) is 11.7. The van der Waals surface area contributed by atoms with E-state index in [1.54, 1.807) is 12.3 Å². The second-order valence-electron chi connectivity index (χ2n) is 4.92. The van der Waals surface area contributed by atoms with Crippen LogP contribution in [0, 0.1) is 0 Å². The number of pyridine rings is 1. The van der Waals surface area contributed by atoms with Gasteiger partial charge in [-0.2, -0.15) is 13.2 Å². The summed E-state index contributed by atoms with van der Waals surface area (Å²) >= 11 is 1.11. The molecular weight excluding hydrogens is 309 g/mol. The van der Waals surface area contributed by atoms with Gasteiger partial charge in [-0.05, 0) is 18.2 Å². The van der Waals surface area contributed by atoms with Gasteiger partial charge in [0.2, 0.25) is 0 Å². The molecule has 1 aromatic heterocycles. The topological polar surface area (TPSA) is 24.9 Å². The molecule has 110 valence electrons. The smallest absolute Gasteiger partial charge is 0.353 e. The van der Waals surface area contributed by atoms with Gasteiger partial charge in [0.25, 0.3) is 0 Å². The maximum atomic E-state index is 13.1. The fourth-order valence-corrected chi connectivity index (χ4v) is 3.65. The molecule has 3 aromatic rings. The number of aromatic nitrogens is 1. The predicted octanol–water partition coefficient (Wildman–Crippen LogP) is 5.46. The van der Waals surface area contributed by atoms with Gasteiger partial charge in [-0.1, -0.05) is 36.0 Å². The molecule has 0 fully saturated rings. The molecular formula is C16H9F3N2S. The van der Waals surface area contributed by atoms with Gasteiger partial charge in [0, 0.05) is 16.5 Å². The van der Waals surface area contributed by atoms with E-state index in [1.165, 1.54) is 6.07 Å². The maximum absolute atomic E-state index is 13.1. The zero-order valence-corrected chi connectivity index (χ0v) is 11.9. The average Bonchev–Trinajstić information content (AvgIpc) is 2.51. The molecule has 0 unspecified atom stereocenters. The Bertz CT molecular complexity index is 890. The quantitative estimate of drug-likeness (QED) is 0.466. The predicted molar refractivity (Wildman–Crippen MR) is 80.6 cm³/mol. The SMILES string of the molecule is FC(F)(F)c1cccc2c1Sc1cnc3ccccc3c1N2. The molecule has 4 rings (SSSR count). The summed E-state index contributed by atoms with van der Waals surface area (Å²) < 4.78 is 39.4. The molecule has 1 N–H and O–H groups in total. The Morgan fingerprint density at radius 3 is 2.64 bits per heavy atom. The molecule has 1 aliphatic rings. The van der Waals surface area contributed by atoms with Crippen molar-refractivity contribution in [2.24, 2.45) is 0 Å². The van der Waals surface area contributed by atoms with Gasteiger partial charge >= 0.3 is 6.18 Å². The first-order valence-electron chi connectivity index (χ1n) is 6.57. The van der Waals surface area contributed by atoms with E-state index in [4.69, 9.17) is 0 Å². The van der Waals surface area contributed by atoms with E-state index in [1.807, 2.05) is 24.3 Å². The van der Waals surface area contributed by atoms with Crippen molar-refractivity contribution in [1.29, 1.82) is 0 Å². The van der Waals surface area contributed by atoms with E-state index in [9.17, 15) is 13.2 Å². The Kier molecular flexibility index (Phi) is 2.84. The van der Waals surface area contributed by atoms with E-state index in [-0.39, 0.29) is 4.90 Å². The number of alkyl halides is 3. The van der Waals surface area contributed by atoms with E-state index < -0.39 is 11.7 Å². The fraction of sp³-hybridized carbons (Fsp3) is 0.0625. The Labute approximate surface area is 128 Å². The van der Waals surface area contributed by atoms with Crippen LogP contribution in [0.25, 0.3) is 10.9 Å². The Hall–Kier alpha value is -2.21. The lowest BCUT2D eigenvalue weighted by molar-refractivity contribution is -0.139. The normalized spacial score (nSPS) is 13.4. The van der Waals surface area contributed by atoms with Crippen LogP contribution in [0.2, 0.25) is 0 Å². The zero-order chi connectivity index (χ0) is 15.3. The number of rotatable bonds is 0. The molecule has 0 spiro atoms. The molecule has 0 saturated carbocycles. The molecule has 1 aliphatic heterocycles. The number of anilines is 2. The molecule has 2 aromatic carbocycles. The first kappa shape index (κ1) is 13.5. The van der Waals surface area contributed by atoms with Gasteiger partial charge in [0.1, 0.15) is 0 Å². The van der Waals surface area contributed by atoms with Gasteiger partial charge in [0.05, 0.1) is 27.4 Å². The largest absolute Gasteiger partial charge is 0.417 e. The summed E-state index contributed by atoms with van der Waals surface area (Å²) in [5, 5.41) is 4.03. The molecule has 2 heterocycles. The summed E-state index contributed by atoms with van der Waals surface area (Å²) in [7, 11) is 0. The molecule has 0 aliphatic carbocycles. The average molecular weight is 318 g/mol. The summed E-state index contributed by atoms with van der Waals surface area (Å²) in [5.74, 6) is 0. The number of nitrogens with zero attached hydrogens (tertiary/aromatic N) is 1. The Morgan fingerprint density at radius 2 is 1.82 bits per heavy atom. The van der Waals surface area contributed by atoms with Gasteiger partial charge < -0.3 is 5.32 Å². The zero-order valence-electron chi connectivity index (χ0n) is 11.1. The van der Waals surface area contributed by atoms with Gasteiger partial charge in [0.15, 0.2) is 0 Å². The van der Waals surface area contributed by atoms with Crippen LogP contribution in [0.1, 0.15) is 5.56 Å². The molecule has 0 atom stereocenters. The second kappa shape index (κ2) is 4.64. The molecule has 0 amide bonds. The van der Waals surface area contributed by atoms with E-state index in [2.05, 4.69) is 10.3 Å². The van der Waals surface area contributed by atoms with Crippen molar-refractivity contribution in [3.8, 4) is 0 Å². The van der Waals surface area contributed by atoms with Crippen LogP contribution >= 0.6 is 11.8 Å². The first-order chi connectivity index (χ1) is 10.5. The van der Waals surface area contributed by atoms with E-state index in [0.717, 1.165) is 34.4 Å². The standard InChI is InChI=1S/C16H9F3N2S/c17-16(18,19)10-5-3-7-12-15(10)22-13-8-20-11-6-2-1-4-9(11)14(13)21-12/h1-8,21H. The summed E-state index contributed by atoms with van der Waals surface area (Å²) in [5.41, 5.74) is 1.47. The van der Waals surface area contributed by atoms with Gasteiger partial charge in [-0.3, -0.25) is 4.98 Å². The van der Waals surface area contributed by atoms with E-state index >= 15 is 0 Å². The summed E-state index contributed by atoms with van der Waals surface area (Å²) in [6.07, 6.45) is -2.76. The Balaban J connectivity index is 1.92. The van der Waals surface area contributed by atoms with Crippen LogP contribution in [-0.4, -0.2) is 4.98 Å². The molecule has 0 saturated heterocycles. The van der Waals surface area contributed by atoms with Crippen molar-refractivity contribution in [2.75, 3.05) is 5.32 Å². The Morgan fingerprint density at radius 1 is 1.00 bits per heavy atom. The van der Waals surface area contributed by atoms with E-state index in [0.29, 0.717) is 10.6 Å². The molecule has 2 nitrogen and oxygen atoms in total. The number of halogens is 3. The van der Waals surface area contributed by atoms with Crippen molar-refractivity contribution >= 4 is 34.0 Å². The van der Waals surface area contributed by atoms with Crippen molar-refractivity contribution in [3.05, 3.63) is 54.2 Å². The third-order valence-corrected chi connectivity index (χ3v) is 4.71. The van der Waals surface area contributed by atoms with Crippen LogP contribution in [0.15, 0.2) is 58.5 Å². The number of fused-ring (bicyclic) bond motifs is 4. The highest BCUT2D eigenvalue weighted by atomic mass is 32.2. The highest BCUT2D eigenvalue weighted by Gasteiger charge is 2.36. The van der Waals surface area contributed by atoms with Crippen molar-refractivity contribution < 1.29 is 13.2 Å². The lowest BCUT2D eigenvalue weighted by Crippen LogP contribution is -2.10. The number of hydrogen-bond acceptors (Lipinski definition) is 3.